The maximum absolute atomic E-state index is 5.69. The Morgan fingerprint density at radius 1 is 1.19 bits per heavy atom. The van der Waals surface area contributed by atoms with Gasteiger partial charge >= 0.3 is 0 Å². The molecule has 2 rings (SSSR count). The van der Waals surface area contributed by atoms with Gasteiger partial charge in [-0.3, -0.25) is 4.99 Å². The first kappa shape index (κ1) is 21.4. The number of guanidine groups is 1. The van der Waals surface area contributed by atoms with Crippen molar-refractivity contribution in [2.75, 3.05) is 73.3 Å². The number of ether oxygens (including phenoxy) is 3. The lowest BCUT2D eigenvalue weighted by atomic mass is 9.97. The molecule has 0 saturated carbocycles. The number of likely N-dealkylation sites (tertiary alicyclic amines) is 1. The molecule has 26 heavy (non-hydrogen) atoms. The van der Waals surface area contributed by atoms with Crippen molar-refractivity contribution in [1.82, 2.24) is 15.5 Å². The molecule has 0 aromatic carbocycles. The molecule has 2 aliphatic heterocycles. The summed E-state index contributed by atoms with van der Waals surface area (Å²) in [5.74, 6) is 1.62. The summed E-state index contributed by atoms with van der Waals surface area (Å²) in [4.78, 5) is 6.81. The number of hydrogen-bond acceptors (Lipinski definition) is 5. The van der Waals surface area contributed by atoms with E-state index in [-0.39, 0.29) is 0 Å². The Kier molecular flexibility index (Phi) is 11.0. The van der Waals surface area contributed by atoms with E-state index in [1.165, 1.54) is 32.4 Å². The highest BCUT2D eigenvalue weighted by Gasteiger charge is 2.19. The third kappa shape index (κ3) is 8.66. The first-order chi connectivity index (χ1) is 12.8. The van der Waals surface area contributed by atoms with Crippen LogP contribution in [0.15, 0.2) is 4.99 Å². The second-order valence-electron chi connectivity index (χ2n) is 7.22. The van der Waals surface area contributed by atoms with Crippen molar-refractivity contribution in [3.63, 3.8) is 0 Å². The quantitative estimate of drug-likeness (QED) is 0.322. The standard InChI is InChI=1S/C19H38N4O3/c1-20-19(21-8-4-12-25-16-18-5-3-13-26-18)22-15-17-6-9-23(10-7-17)11-14-24-2/h17-18H,3-16H2,1-2H3,(H2,20,21,22). The van der Waals surface area contributed by atoms with Gasteiger partial charge in [-0.15, -0.1) is 0 Å². The molecule has 2 aliphatic rings. The van der Waals surface area contributed by atoms with E-state index >= 15 is 0 Å². The summed E-state index contributed by atoms with van der Waals surface area (Å²) in [6.45, 7) is 8.48. The van der Waals surface area contributed by atoms with Crippen molar-refractivity contribution in [3.05, 3.63) is 0 Å². The number of piperidine rings is 1. The van der Waals surface area contributed by atoms with Gasteiger partial charge in [0.2, 0.25) is 0 Å². The van der Waals surface area contributed by atoms with Crippen LogP contribution in [0.4, 0.5) is 0 Å². The first-order valence-electron chi connectivity index (χ1n) is 10.2. The molecule has 1 unspecified atom stereocenters. The topological polar surface area (TPSA) is 67.4 Å². The summed E-state index contributed by atoms with van der Waals surface area (Å²) in [5, 5.41) is 6.84. The van der Waals surface area contributed by atoms with Crippen LogP contribution in [-0.4, -0.2) is 90.3 Å². The lowest BCUT2D eigenvalue weighted by Gasteiger charge is -2.32. The Morgan fingerprint density at radius 2 is 2.04 bits per heavy atom. The average molecular weight is 371 g/mol. The number of hydrogen-bond donors (Lipinski definition) is 2. The van der Waals surface area contributed by atoms with Crippen molar-refractivity contribution in [1.29, 1.82) is 0 Å². The molecular weight excluding hydrogens is 332 g/mol. The Bertz CT molecular complexity index is 381. The summed E-state index contributed by atoms with van der Waals surface area (Å²) in [6.07, 6.45) is 6.09. The van der Waals surface area contributed by atoms with E-state index in [0.29, 0.717) is 6.10 Å². The lowest BCUT2D eigenvalue weighted by Crippen LogP contribution is -2.43. The number of methoxy groups -OCH3 is 1. The summed E-state index contributed by atoms with van der Waals surface area (Å²) in [5.41, 5.74) is 0. The number of nitrogens with zero attached hydrogens (tertiary/aromatic N) is 2. The number of aliphatic imine (C=N–C) groups is 1. The van der Waals surface area contributed by atoms with Crippen molar-refractivity contribution in [2.24, 2.45) is 10.9 Å². The molecule has 1 atom stereocenters. The van der Waals surface area contributed by atoms with Gasteiger partial charge in [-0.05, 0) is 51.1 Å². The lowest BCUT2D eigenvalue weighted by molar-refractivity contribution is 0.0168. The minimum absolute atomic E-state index is 0.318. The van der Waals surface area contributed by atoms with Crippen molar-refractivity contribution in [2.45, 2.75) is 38.2 Å². The molecular formula is C19H38N4O3. The number of nitrogens with one attached hydrogen (secondary N) is 2. The van der Waals surface area contributed by atoms with Crippen LogP contribution in [0.5, 0.6) is 0 Å². The van der Waals surface area contributed by atoms with Gasteiger partial charge in [0.25, 0.3) is 0 Å². The zero-order chi connectivity index (χ0) is 18.5. The normalized spacial score (nSPS) is 22.7. The molecule has 0 radical (unpaired) electrons. The Labute approximate surface area is 158 Å². The van der Waals surface area contributed by atoms with E-state index < -0.39 is 0 Å². The zero-order valence-corrected chi connectivity index (χ0v) is 16.7. The van der Waals surface area contributed by atoms with Gasteiger partial charge in [0.1, 0.15) is 0 Å². The fourth-order valence-corrected chi connectivity index (χ4v) is 3.47. The van der Waals surface area contributed by atoms with Crippen LogP contribution in [0, 0.1) is 5.92 Å². The van der Waals surface area contributed by atoms with Gasteiger partial charge < -0.3 is 29.7 Å². The van der Waals surface area contributed by atoms with Crippen LogP contribution in [0.3, 0.4) is 0 Å². The molecule has 2 N–H and O–H groups in total. The van der Waals surface area contributed by atoms with Crippen LogP contribution < -0.4 is 10.6 Å². The van der Waals surface area contributed by atoms with Gasteiger partial charge in [-0.2, -0.15) is 0 Å². The molecule has 2 saturated heterocycles. The maximum atomic E-state index is 5.69. The second-order valence-corrected chi connectivity index (χ2v) is 7.22. The molecule has 0 spiro atoms. The van der Waals surface area contributed by atoms with E-state index in [9.17, 15) is 0 Å². The highest BCUT2D eigenvalue weighted by Crippen LogP contribution is 2.16. The second kappa shape index (κ2) is 13.3. The van der Waals surface area contributed by atoms with Crippen LogP contribution in [0.25, 0.3) is 0 Å². The zero-order valence-electron chi connectivity index (χ0n) is 16.7. The fraction of sp³-hybridized carbons (Fsp3) is 0.947. The molecule has 0 aliphatic carbocycles. The van der Waals surface area contributed by atoms with E-state index in [1.54, 1.807) is 7.11 Å². The first-order valence-corrected chi connectivity index (χ1v) is 10.2. The van der Waals surface area contributed by atoms with Gasteiger partial charge in [0.05, 0.1) is 19.3 Å². The van der Waals surface area contributed by atoms with Crippen molar-refractivity contribution in [3.8, 4) is 0 Å². The maximum Gasteiger partial charge on any atom is 0.190 e. The molecule has 2 heterocycles. The van der Waals surface area contributed by atoms with Gasteiger partial charge in [-0.1, -0.05) is 0 Å². The van der Waals surface area contributed by atoms with Crippen LogP contribution in [-0.2, 0) is 14.2 Å². The van der Waals surface area contributed by atoms with Crippen LogP contribution in [0.2, 0.25) is 0 Å². The predicted octanol–water partition coefficient (Wildman–Crippen LogP) is 1.10. The molecule has 0 amide bonds. The highest BCUT2D eigenvalue weighted by molar-refractivity contribution is 5.79. The molecule has 0 aromatic rings. The SMILES string of the molecule is CN=C(NCCCOCC1CCCO1)NCC1CCN(CCOC)CC1. The summed E-state index contributed by atoms with van der Waals surface area (Å²) < 4.78 is 16.4. The summed E-state index contributed by atoms with van der Waals surface area (Å²) in [7, 11) is 3.60. The Hall–Kier alpha value is -0.890. The van der Waals surface area contributed by atoms with Crippen LogP contribution in [0.1, 0.15) is 32.1 Å². The number of rotatable bonds is 11. The molecule has 0 bridgehead atoms. The molecule has 7 nitrogen and oxygen atoms in total. The van der Waals surface area contributed by atoms with Crippen LogP contribution >= 0.6 is 0 Å². The van der Waals surface area contributed by atoms with Crippen molar-refractivity contribution < 1.29 is 14.2 Å². The Balaban J connectivity index is 1.46. The summed E-state index contributed by atoms with van der Waals surface area (Å²) in [6, 6.07) is 0. The minimum atomic E-state index is 0.318. The van der Waals surface area contributed by atoms with E-state index in [1.807, 2.05) is 7.05 Å². The largest absolute Gasteiger partial charge is 0.383 e. The predicted molar refractivity (Wildman–Crippen MR) is 105 cm³/mol. The minimum Gasteiger partial charge on any atom is -0.383 e. The van der Waals surface area contributed by atoms with E-state index in [0.717, 1.165) is 70.8 Å². The highest BCUT2D eigenvalue weighted by atomic mass is 16.5. The average Bonchev–Trinajstić information content (AvgIpc) is 3.19. The van der Waals surface area contributed by atoms with E-state index in [2.05, 4.69) is 20.5 Å². The van der Waals surface area contributed by atoms with E-state index in [4.69, 9.17) is 14.2 Å². The fourth-order valence-electron chi connectivity index (χ4n) is 3.47. The smallest absolute Gasteiger partial charge is 0.190 e. The molecule has 0 aromatic heterocycles. The third-order valence-electron chi connectivity index (χ3n) is 5.19. The molecule has 152 valence electrons. The summed E-state index contributed by atoms with van der Waals surface area (Å²) >= 11 is 0. The van der Waals surface area contributed by atoms with Gasteiger partial charge in [0, 0.05) is 47.0 Å². The third-order valence-corrected chi connectivity index (χ3v) is 5.19. The van der Waals surface area contributed by atoms with Gasteiger partial charge in [-0.25, -0.2) is 0 Å². The monoisotopic (exact) mass is 370 g/mol. The van der Waals surface area contributed by atoms with Crippen molar-refractivity contribution >= 4 is 5.96 Å². The molecule has 2 fully saturated rings. The molecule has 7 heteroatoms. The Morgan fingerprint density at radius 3 is 2.73 bits per heavy atom. The van der Waals surface area contributed by atoms with Gasteiger partial charge in [0.15, 0.2) is 5.96 Å².